The number of rotatable bonds is 2. The van der Waals surface area contributed by atoms with Gasteiger partial charge in [0.25, 0.3) is 0 Å². The molecule has 0 bridgehead atoms. The molecule has 2 N–H and O–H groups in total. The number of nitrogens with zero attached hydrogens (tertiary/aromatic N) is 1. The third-order valence-electron chi connectivity index (χ3n) is 2.90. The summed E-state index contributed by atoms with van der Waals surface area (Å²) in [6.45, 7) is 0.582. The summed E-state index contributed by atoms with van der Waals surface area (Å²) in [6, 6.07) is 8.14. The molecule has 4 heteroatoms. The van der Waals surface area contributed by atoms with E-state index in [2.05, 4.69) is 0 Å². The number of amides is 2. The topological polar surface area (TPSA) is 63.4 Å². The molecule has 0 spiro atoms. The predicted octanol–water partition coefficient (Wildman–Crippen LogP) is 1.41. The van der Waals surface area contributed by atoms with Gasteiger partial charge in [-0.2, -0.15) is 0 Å². The molecule has 1 heterocycles. The van der Waals surface area contributed by atoms with Gasteiger partial charge in [0.2, 0.25) is 0 Å². The van der Waals surface area contributed by atoms with Crippen LogP contribution in [0, 0.1) is 0 Å². The Balaban J connectivity index is 2.19. The van der Waals surface area contributed by atoms with Gasteiger partial charge in [-0.05, 0) is 12.8 Å². The standard InChI is InChI=1S/C12H14N2O2/c13-12(16)14-8-4-7-10(14)11(15)9-5-2-1-3-6-9/h1-3,5-6,10H,4,7-8H2,(H2,13,16)/t10-/m0/s1. The second kappa shape index (κ2) is 4.35. The van der Waals surface area contributed by atoms with Crippen LogP contribution in [0.5, 0.6) is 0 Å². The van der Waals surface area contributed by atoms with Crippen molar-refractivity contribution in [3.63, 3.8) is 0 Å². The summed E-state index contributed by atoms with van der Waals surface area (Å²) in [5, 5.41) is 0. The van der Waals surface area contributed by atoms with E-state index in [-0.39, 0.29) is 11.8 Å². The largest absolute Gasteiger partial charge is 0.351 e. The number of ketones is 1. The molecule has 2 rings (SSSR count). The van der Waals surface area contributed by atoms with E-state index in [1.54, 1.807) is 12.1 Å². The molecule has 1 fully saturated rings. The highest BCUT2D eigenvalue weighted by atomic mass is 16.2. The maximum Gasteiger partial charge on any atom is 0.315 e. The quantitative estimate of drug-likeness (QED) is 0.763. The lowest BCUT2D eigenvalue weighted by atomic mass is 10.0. The molecule has 1 aromatic carbocycles. The van der Waals surface area contributed by atoms with Crippen LogP contribution in [0.4, 0.5) is 4.79 Å². The first-order valence-corrected chi connectivity index (χ1v) is 5.35. The van der Waals surface area contributed by atoms with Gasteiger partial charge in [-0.1, -0.05) is 30.3 Å². The Morgan fingerprint density at radius 3 is 2.56 bits per heavy atom. The molecule has 0 saturated carbocycles. The van der Waals surface area contributed by atoms with Crippen molar-refractivity contribution in [2.75, 3.05) is 6.54 Å². The Morgan fingerprint density at radius 1 is 1.25 bits per heavy atom. The Morgan fingerprint density at radius 2 is 1.94 bits per heavy atom. The lowest BCUT2D eigenvalue weighted by molar-refractivity contribution is 0.0891. The van der Waals surface area contributed by atoms with Crippen molar-refractivity contribution in [1.82, 2.24) is 4.90 Å². The highest BCUT2D eigenvalue weighted by Crippen LogP contribution is 2.20. The second-order valence-corrected chi connectivity index (χ2v) is 3.92. The fourth-order valence-corrected chi connectivity index (χ4v) is 2.10. The van der Waals surface area contributed by atoms with Gasteiger partial charge in [-0.3, -0.25) is 4.79 Å². The third kappa shape index (κ3) is 1.91. The number of hydrogen-bond acceptors (Lipinski definition) is 2. The number of Topliss-reactive ketones (excluding diaryl/α,β-unsaturated/α-hetero) is 1. The SMILES string of the molecule is NC(=O)N1CCC[C@H]1C(=O)c1ccccc1. The maximum absolute atomic E-state index is 12.1. The number of urea groups is 1. The van der Waals surface area contributed by atoms with E-state index in [9.17, 15) is 9.59 Å². The van der Waals surface area contributed by atoms with Crippen LogP contribution in [0.3, 0.4) is 0 Å². The number of primary amides is 1. The highest BCUT2D eigenvalue weighted by molar-refractivity contribution is 6.01. The van der Waals surface area contributed by atoms with Crippen molar-refractivity contribution in [3.05, 3.63) is 35.9 Å². The van der Waals surface area contributed by atoms with Crippen molar-refractivity contribution >= 4 is 11.8 Å². The Labute approximate surface area is 94.0 Å². The van der Waals surface area contributed by atoms with E-state index in [1.807, 2.05) is 18.2 Å². The van der Waals surface area contributed by atoms with Crippen molar-refractivity contribution in [2.24, 2.45) is 5.73 Å². The second-order valence-electron chi connectivity index (χ2n) is 3.92. The van der Waals surface area contributed by atoms with Gasteiger partial charge in [0.1, 0.15) is 0 Å². The number of carbonyl (C=O) groups excluding carboxylic acids is 2. The van der Waals surface area contributed by atoms with Crippen LogP contribution >= 0.6 is 0 Å². The Bertz CT molecular complexity index is 403. The van der Waals surface area contributed by atoms with E-state index in [0.29, 0.717) is 18.5 Å². The smallest absolute Gasteiger partial charge is 0.315 e. The fraction of sp³-hybridized carbons (Fsp3) is 0.333. The molecule has 1 aliphatic rings. The molecule has 0 radical (unpaired) electrons. The van der Waals surface area contributed by atoms with Crippen molar-refractivity contribution in [1.29, 1.82) is 0 Å². The fourth-order valence-electron chi connectivity index (χ4n) is 2.10. The maximum atomic E-state index is 12.1. The molecule has 0 aliphatic carbocycles. The summed E-state index contributed by atoms with van der Waals surface area (Å²) in [6.07, 6.45) is 1.54. The van der Waals surface area contributed by atoms with Crippen molar-refractivity contribution in [3.8, 4) is 0 Å². The molecule has 1 aliphatic heterocycles. The highest BCUT2D eigenvalue weighted by Gasteiger charge is 2.33. The molecule has 84 valence electrons. The number of benzene rings is 1. The number of nitrogens with two attached hydrogens (primary N) is 1. The summed E-state index contributed by atoms with van der Waals surface area (Å²) in [7, 11) is 0. The Kier molecular flexibility index (Phi) is 2.90. The monoisotopic (exact) mass is 218 g/mol. The van der Waals surface area contributed by atoms with Gasteiger partial charge in [-0.25, -0.2) is 4.79 Å². The molecular weight excluding hydrogens is 204 g/mol. The first-order chi connectivity index (χ1) is 7.70. The molecule has 16 heavy (non-hydrogen) atoms. The van der Waals surface area contributed by atoms with Crippen molar-refractivity contribution in [2.45, 2.75) is 18.9 Å². The zero-order chi connectivity index (χ0) is 11.5. The average molecular weight is 218 g/mol. The van der Waals surface area contributed by atoms with E-state index in [4.69, 9.17) is 5.73 Å². The number of likely N-dealkylation sites (tertiary alicyclic amines) is 1. The first-order valence-electron chi connectivity index (χ1n) is 5.35. The predicted molar refractivity (Wildman–Crippen MR) is 60.1 cm³/mol. The molecular formula is C12H14N2O2. The van der Waals surface area contributed by atoms with Crippen LogP contribution in [0.1, 0.15) is 23.2 Å². The van der Waals surface area contributed by atoms with Crippen LogP contribution in [0.2, 0.25) is 0 Å². The molecule has 2 amide bonds. The lowest BCUT2D eigenvalue weighted by Gasteiger charge is -2.21. The summed E-state index contributed by atoms with van der Waals surface area (Å²) in [4.78, 5) is 24.7. The first kappa shape index (κ1) is 10.7. The van der Waals surface area contributed by atoms with E-state index < -0.39 is 6.03 Å². The van der Waals surface area contributed by atoms with Gasteiger partial charge in [0.05, 0.1) is 6.04 Å². The number of carbonyl (C=O) groups is 2. The lowest BCUT2D eigenvalue weighted by Crippen LogP contribution is -2.43. The molecule has 1 saturated heterocycles. The third-order valence-corrected chi connectivity index (χ3v) is 2.90. The van der Waals surface area contributed by atoms with Gasteiger partial charge >= 0.3 is 6.03 Å². The summed E-state index contributed by atoms with van der Waals surface area (Å²) in [5.41, 5.74) is 5.88. The van der Waals surface area contributed by atoms with Gasteiger partial charge in [-0.15, -0.1) is 0 Å². The van der Waals surface area contributed by atoms with E-state index >= 15 is 0 Å². The van der Waals surface area contributed by atoms with Gasteiger partial charge < -0.3 is 10.6 Å². The van der Waals surface area contributed by atoms with Gasteiger partial charge in [0.15, 0.2) is 5.78 Å². The van der Waals surface area contributed by atoms with Crippen LogP contribution in [-0.2, 0) is 0 Å². The van der Waals surface area contributed by atoms with Crippen molar-refractivity contribution < 1.29 is 9.59 Å². The van der Waals surface area contributed by atoms with Crippen LogP contribution in [-0.4, -0.2) is 29.3 Å². The number of hydrogen-bond donors (Lipinski definition) is 1. The van der Waals surface area contributed by atoms with Crippen LogP contribution in [0.15, 0.2) is 30.3 Å². The molecule has 0 unspecified atom stereocenters. The molecule has 4 nitrogen and oxygen atoms in total. The van der Waals surface area contributed by atoms with Gasteiger partial charge in [0, 0.05) is 12.1 Å². The van der Waals surface area contributed by atoms with Crippen LogP contribution < -0.4 is 5.73 Å². The van der Waals surface area contributed by atoms with Crippen LogP contribution in [0.25, 0.3) is 0 Å². The minimum atomic E-state index is -0.508. The Hall–Kier alpha value is -1.84. The minimum Gasteiger partial charge on any atom is -0.351 e. The summed E-state index contributed by atoms with van der Waals surface area (Å²) >= 11 is 0. The molecule has 1 aromatic rings. The summed E-state index contributed by atoms with van der Waals surface area (Å²) in [5.74, 6) is -0.0168. The molecule has 0 aromatic heterocycles. The van der Waals surface area contributed by atoms with E-state index in [0.717, 1.165) is 6.42 Å². The zero-order valence-electron chi connectivity index (χ0n) is 8.93. The summed E-state index contributed by atoms with van der Waals surface area (Å²) < 4.78 is 0. The zero-order valence-corrected chi connectivity index (χ0v) is 8.93. The normalized spacial score (nSPS) is 19.8. The minimum absolute atomic E-state index is 0.0168. The average Bonchev–Trinajstić information content (AvgIpc) is 2.78. The molecule has 1 atom stereocenters. The van der Waals surface area contributed by atoms with E-state index in [1.165, 1.54) is 4.90 Å².